The Morgan fingerprint density at radius 2 is 1.70 bits per heavy atom. The molecule has 6 rings (SSSR count). The summed E-state index contributed by atoms with van der Waals surface area (Å²) < 4.78 is 13.9. The topological polar surface area (TPSA) is 89.7 Å². The Bertz CT molecular complexity index is 1900. The van der Waals surface area contributed by atoms with E-state index in [-0.39, 0.29) is 11.7 Å². The number of imidazole rings is 1. The molecular formula is C35H31FN6O. The van der Waals surface area contributed by atoms with E-state index < -0.39 is 0 Å². The first-order chi connectivity index (χ1) is 20.9. The summed E-state index contributed by atoms with van der Waals surface area (Å²) in [7, 11) is 3.90. The van der Waals surface area contributed by atoms with Gasteiger partial charge >= 0.3 is 0 Å². The molecule has 0 radical (unpaired) electrons. The molecule has 0 aliphatic heterocycles. The van der Waals surface area contributed by atoms with Gasteiger partial charge in [0.1, 0.15) is 17.3 Å². The van der Waals surface area contributed by atoms with Crippen molar-refractivity contribution in [1.29, 1.82) is 0 Å². The molecule has 0 spiro atoms. The number of fused-ring (bicyclic) bond motifs is 1. The van der Waals surface area contributed by atoms with Gasteiger partial charge in [-0.2, -0.15) is 0 Å². The summed E-state index contributed by atoms with van der Waals surface area (Å²) in [6, 6.07) is 28.4. The number of nitrogens with zero attached hydrogens (tertiary/aromatic N) is 3. The molecule has 0 fully saturated rings. The number of hydrogen-bond acceptors (Lipinski definition) is 4. The average molecular weight is 571 g/mol. The number of pyridine rings is 1. The Morgan fingerprint density at radius 1 is 0.907 bits per heavy atom. The predicted octanol–water partition coefficient (Wildman–Crippen LogP) is 6.83. The van der Waals surface area contributed by atoms with E-state index in [0.717, 1.165) is 50.2 Å². The van der Waals surface area contributed by atoms with Crippen molar-refractivity contribution in [1.82, 2.24) is 30.2 Å². The van der Waals surface area contributed by atoms with Gasteiger partial charge in [0.15, 0.2) is 0 Å². The Balaban J connectivity index is 1.38. The quantitative estimate of drug-likeness (QED) is 0.166. The largest absolute Gasteiger partial charge is 0.348 e. The van der Waals surface area contributed by atoms with Crippen LogP contribution >= 0.6 is 0 Å². The van der Waals surface area contributed by atoms with Crippen LogP contribution in [0.15, 0.2) is 109 Å². The minimum Gasteiger partial charge on any atom is -0.348 e. The number of hydrogen-bond donors (Lipinski definition) is 3. The number of nitrogens with one attached hydrogen (secondary N) is 3. The Kier molecular flexibility index (Phi) is 7.93. The van der Waals surface area contributed by atoms with Gasteiger partial charge in [-0.05, 0) is 67.7 Å². The van der Waals surface area contributed by atoms with Crippen LogP contribution in [-0.4, -0.2) is 51.4 Å². The van der Waals surface area contributed by atoms with Crippen molar-refractivity contribution in [2.75, 3.05) is 20.6 Å². The maximum absolute atomic E-state index is 13.9. The lowest BCUT2D eigenvalue weighted by Gasteiger charge is -2.06. The summed E-state index contributed by atoms with van der Waals surface area (Å²) >= 11 is 0. The number of amides is 1. The van der Waals surface area contributed by atoms with Crippen molar-refractivity contribution in [2.24, 2.45) is 0 Å². The van der Waals surface area contributed by atoms with Crippen molar-refractivity contribution in [3.63, 3.8) is 0 Å². The number of halogens is 1. The highest BCUT2D eigenvalue weighted by Crippen LogP contribution is 2.37. The summed E-state index contributed by atoms with van der Waals surface area (Å²) in [4.78, 5) is 30.8. The second-order valence-electron chi connectivity index (χ2n) is 10.6. The normalized spacial score (nSPS) is 11.5. The summed E-state index contributed by atoms with van der Waals surface area (Å²) in [6.07, 6.45) is 5.15. The molecule has 3 N–H and O–H groups in total. The van der Waals surface area contributed by atoms with Crippen LogP contribution in [0.5, 0.6) is 0 Å². The molecule has 43 heavy (non-hydrogen) atoms. The molecule has 214 valence electrons. The Hall–Kier alpha value is -5.34. The molecule has 0 atom stereocenters. The first-order valence-electron chi connectivity index (χ1n) is 14.0. The van der Waals surface area contributed by atoms with Crippen LogP contribution in [0.25, 0.3) is 56.2 Å². The molecule has 0 bridgehead atoms. The van der Waals surface area contributed by atoms with Crippen LogP contribution in [0.3, 0.4) is 0 Å². The van der Waals surface area contributed by atoms with E-state index in [2.05, 4.69) is 38.5 Å². The zero-order valence-electron chi connectivity index (χ0n) is 23.9. The lowest BCUT2D eigenvalue weighted by molar-refractivity contribution is -0.116. The molecular weight excluding hydrogens is 539 g/mol. The van der Waals surface area contributed by atoms with Gasteiger partial charge in [-0.3, -0.25) is 4.79 Å². The third kappa shape index (κ3) is 6.29. The van der Waals surface area contributed by atoms with E-state index in [4.69, 9.17) is 4.98 Å². The van der Waals surface area contributed by atoms with E-state index in [1.54, 1.807) is 24.4 Å². The molecule has 0 saturated heterocycles. The number of likely N-dealkylation sites (N-methyl/N-ethyl adjacent to an activating group) is 1. The van der Waals surface area contributed by atoms with E-state index in [1.807, 2.05) is 73.6 Å². The lowest BCUT2D eigenvalue weighted by atomic mass is 10.0. The van der Waals surface area contributed by atoms with E-state index in [9.17, 15) is 9.18 Å². The van der Waals surface area contributed by atoms with Gasteiger partial charge in [0.2, 0.25) is 5.91 Å². The van der Waals surface area contributed by atoms with Crippen molar-refractivity contribution in [3.05, 3.63) is 121 Å². The van der Waals surface area contributed by atoms with Gasteiger partial charge in [0.25, 0.3) is 0 Å². The van der Waals surface area contributed by atoms with Crippen molar-refractivity contribution >= 4 is 16.9 Å². The predicted molar refractivity (Wildman–Crippen MR) is 169 cm³/mol. The minimum atomic E-state index is -0.309. The van der Waals surface area contributed by atoms with Crippen LogP contribution in [0.4, 0.5) is 4.39 Å². The summed E-state index contributed by atoms with van der Waals surface area (Å²) in [5.74, 6) is 0.211. The van der Waals surface area contributed by atoms with Gasteiger partial charge in [-0.25, -0.2) is 14.4 Å². The molecule has 8 heteroatoms. The molecule has 0 unspecified atom stereocenters. The first-order valence-corrected chi connectivity index (χ1v) is 14.0. The van der Waals surface area contributed by atoms with Gasteiger partial charge in [-0.15, -0.1) is 0 Å². The lowest BCUT2D eigenvalue weighted by Crippen LogP contribution is -2.21. The fourth-order valence-electron chi connectivity index (χ4n) is 4.99. The monoisotopic (exact) mass is 570 g/mol. The SMILES string of the molecule is CN(C)CC=CC(=O)NCc1cccc(-c2nc(-c3ccc(F)cc3)c(-c3ccnc4[nH]c(-c5ccccc5)cc34)[nH]2)c1. The molecule has 0 aliphatic carbocycles. The molecule has 0 aliphatic rings. The number of carbonyl (C=O) groups excluding carboxylic acids is 1. The number of aromatic amines is 2. The smallest absolute Gasteiger partial charge is 0.243 e. The van der Waals surface area contributed by atoms with Crippen LogP contribution in [0.2, 0.25) is 0 Å². The highest BCUT2D eigenvalue weighted by Gasteiger charge is 2.19. The standard InChI is InChI=1S/C35H31FN6O/c1-42(2)19-7-12-31(43)38-22-23-8-6-11-26(20-23)34-40-32(25-13-15-27(36)16-14-25)33(41-34)28-17-18-37-35-29(28)21-30(39-35)24-9-4-3-5-10-24/h3-18,20-21H,19,22H2,1-2H3,(H,37,39)(H,38,43)(H,40,41). The molecule has 3 heterocycles. The highest BCUT2D eigenvalue weighted by molar-refractivity contribution is 5.98. The van der Waals surface area contributed by atoms with Crippen LogP contribution in [-0.2, 0) is 11.3 Å². The van der Waals surface area contributed by atoms with Crippen LogP contribution < -0.4 is 5.32 Å². The third-order valence-corrected chi connectivity index (χ3v) is 7.11. The van der Waals surface area contributed by atoms with Gasteiger partial charge in [0, 0.05) is 53.1 Å². The molecule has 3 aromatic carbocycles. The molecule has 0 saturated carbocycles. The maximum Gasteiger partial charge on any atom is 0.243 e. The molecule has 6 aromatic rings. The summed E-state index contributed by atoms with van der Waals surface area (Å²) in [5, 5.41) is 3.88. The molecule has 1 amide bonds. The fourth-order valence-corrected chi connectivity index (χ4v) is 4.99. The number of aromatic nitrogens is 4. The van der Waals surface area contributed by atoms with E-state index in [1.165, 1.54) is 12.1 Å². The second-order valence-corrected chi connectivity index (χ2v) is 10.6. The number of benzene rings is 3. The number of carbonyl (C=O) groups is 1. The Morgan fingerprint density at radius 3 is 2.49 bits per heavy atom. The van der Waals surface area contributed by atoms with E-state index >= 15 is 0 Å². The summed E-state index contributed by atoms with van der Waals surface area (Å²) in [6.45, 7) is 1.08. The molecule has 7 nitrogen and oxygen atoms in total. The van der Waals surface area contributed by atoms with Gasteiger partial charge in [0.05, 0.1) is 11.4 Å². The van der Waals surface area contributed by atoms with Crippen molar-refractivity contribution < 1.29 is 9.18 Å². The van der Waals surface area contributed by atoms with Crippen LogP contribution in [0, 0.1) is 5.82 Å². The van der Waals surface area contributed by atoms with Crippen molar-refractivity contribution in [3.8, 4) is 45.2 Å². The average Bonchev–Trinajstić information content (AvgIpc) is 3.66. The maximum atomic E-state index is 13.9. The number of rotatable bonds is 9. The minimum absolute atomic E-state index is 0.144. The summed E-state index contributed by atoms with van der Waals surface area (Å²) in [5.41, 5.74) is 7.82. The van der Waals surface area contributed by atoms with E-state index in [0.29, 0.717) is 24.6 Å². The zero-order valence-corrected chi connectivity index (χ0v) is 23.9. The fraction of sp³-hybridized carbons (Fsp3) is 0.114. The molecule has 3 aromatic heterocycles. The van der Waals surface area contributed by atoms with Crippen molar-refractivity contribution in [2.45, 2.75) is 6.54 Å². The first kappa shape index (κ1) is 27.8. The Labute approximate surface area is 249 Å². The van der Waals surface area contributed by atoms with Gasteiger partial charge < -0.3 is 20.2 Å². The van der Waals surface area contributed by atoms with Gasteiger partial charge in [-0.1, -0.05) is 54.6 Å². The second kappa shape index (κ2) is 12.3. The zero-order chi connectivity index (χ0) is 29.8. The third-order valence-electron chi connectivity index (χ3n) is 7.11. The highest BCUT2D eigenvalue weighted by atomic mass is 19.1. The number of H-pyrrole nitrogens is 2. The van der Waals surface area contributed by atoms with Crippen LogP contribution in [0.1, 0.15) is 5.56 Å².